The Bertz CT molecular complexity index is 665. The van der Waals surface area contributed by atoms with Crippen LogP contribution in [0.5, 0.6) is 0 Å². The molecule has 1 amide bonds. The van der Waals surface area contributed by atoms with Gasteiger partial charge >= 0.3 is 0 Å². The molecule has 1 aromatic carbocycles. The van der Waals surface area contributed by atoms with Crippen LogP contribution in [-0.2, 0) is 19.6 Å². The molecule has 1 atom stereocenters. The van der Waals surface area contributed by atoms with Crippen molar-refractivity contribution in [1.82, 2.24) is 10.0 Å². The summed E-state index contributed by atoms with van der Waals surface area (Å²) >= 11 is 0. The molecular formula is C18H29FN2O4S. The SMILES string of the molecule is CCCCOCCCNC(=O)[C@@H](NS(=O)(=O)c1ccccc1F)C(C)C. The van der Waals surface area contributed by atoms with Gasteiger partial charge in [-0.05, 0) is 30.9 Å². The third-order valence-electron chi connectivity index (χ3n) is 3.76. The number of carbonyl (C=O) groups excluding carboxylic acids is 1. The van der Waals surface area contributed by atoms with Gasteiger partial charge in [0.2, 0.25) is 15.9 Å². The Morgan fingerprint density at radius 2 is 1.85 bits per heavy atom. The number of ether oxygens (including phenoxy) is 1. The van der Waals surface area contributed by atoms with Crippen LogP contribution in [0.1, 0.15) is 40.0 Å². The number of amides is 1. The minimum absolute atomic E-state index is 0.294. The van der Waals surface area contributed by atoms with E-state index in [-0.39, 0.29) is 5.92 Å². The largest absolute Gasteiger partial charge is 0.381 e. The van der Waals surface area contributed by atoms with Crippen LogP contribution in [0.2, 0.25) is 0 Å². The lowest BCUT2D eigenvalue weighted by molar-refractivity contribution is -0.123. The molecule has 148 valence electrons. The van der Waals surface area contributed by atoms with Gasteiger partial charge in [0.15, 0.2) is 0 Å². The minimum atomic E-state index is -4.14. The molecule has 6 nitrogen and oxygen atoms in total. The molecule has 0 radical (unpaired) electrons. The van der Waals surface area contributed by atoms with E-state index in [1.165, 1.54) is 18.2 Å². The summed E-state index contributed by atoms with van der Waals surface area (Å²) in [5.74, 6) is -1.59. The van der Waals surface area contributed by atoms with Crippen LogP contribution in [0.25, 0.3) is 0 Å². The topological polar surface area (TPSA) is 84.5 Å². The van der Waals surface area contributed by atoms with Gasteiger partial charge < -0.3 is 10.1 Å². The van der Waals surface area contributed by atoms with E-state index in [1.54, 1.807) is 13.8 Å². The van der Waals surface area contributed by atoms with Crippen LogP contribution < -0.4 is 10.0 Å². The third-order valence-corrected chi connectivity index (χ3v) is 5.24. The lowest BCUT2D eigenvalue weighted by Gasteiger charge is -2.21. The highest BCUT2D eigenvalue weighted by atomic mass is 32.2. The number of benzene rings is 1. The Morgan fingerprint density at radius 1 is 1.19 bits per heavy atom. The van der Waals surface area contributed by atoms with Crippen LogP contribution in [0.3, 0.4) is 0 Å². The highest BCUT2D eigenvalue weighted by Gasteiger charge is 2.29. The van der Waals surface area contributed by atoms with Crippen molar-refractivity contribution in [3.63, 3.8) is 0 Å². The quantitative estimate of drug-likeness (QED) is 0.539. The van der Waals surface area contributed by atoms with Gasteiger partial charge in [-0.2, -0.15) is 4.72 Å². The molecule has 0 aliphatic heterocycles. The first-order valence-electron chi connectivity index (χ1n) is 8.92. The summed E-state index contributed by atoms with van der Waals surface area (Å²) in [6.07, 6.45) is 2.70. The molecule has 0 unspecified atom stereocenters. The summed E-state index contributed by atoms with van der Waals surface area (Å²) < 4.78 is 46.3. The molecule has 0 aliphatic carbocycles. The predicted octanol–water partition coefficient (Wildman–Crippen LogP) is 2.45. The molecule has 0 saturated carbocycles. The van der Waals surface area contributed by atoms with Crippen LogP contribution in [0.4, 0.5) is 4.39 Å². The van der Waals surface area contributed by atoms with Crippen molar-refractivity contribution in [2.75, 3.05) is 19.8 Å². The van der Waals surface area contributed by atoms with Gasteiger partial charge in [0.1, 0.15) is 16.8 Å². The van der Waals surface area contributed by atoms with Crippen molar-refractivity contribution < 1.29 is 22.3 Å². The zero-order valence-electron chi connectivity index (χ0n) is 15.6. The van der Waals surface area contributed by atoms with Crippen molar-refractivity contribution in [2.45, 2.75) is 51.0 Å². The highest BCUT2D eigenvalue weighted by molar-refractivity contribution is 7.89. The second-order valence-corrected chi connectivity index (χ2v) is 8.07. The zero-order valence-corrected chi connectivity index (χ0v) is 16.4. The fraction of sp³-hybridized carbons (Fsp3) is 0.611. The van der Waals surface area contributed by atoms with E-state index in [0.29, 0.717) is 26.2 Å². The molecule has 2 N–H and O–H groups in total. The summed E-state index contributed by atoms with van der Waals surface area (Å²) in [6.45, 7) is 7.15. The Kier molecular flexibility index (Phi) is 9.75. The monoisotopic (exact) mass is 388 g/mol. The van der Waals surface area contributed by atoms with Gasteiger partial charge in [0.05, 0.1) is 0 Å². The third kappa shape index (κ3) is 7.39. The van der Waals surface area contributed by atoms with Gasteiger partial charge in [0.25, 0.3) is 0 Å². The number of hydrogen-bond acceptors (Lipinski definition) is 4. The molecule has 26 heavy (non-hydrogen) atoms. The van der Waals surface area contributed by atoms with Gasteiger partial charge in [-0.25, -0.2) is 12.8 Å². The van der Waals surface area contributed by atoms with Crippen molar-refractivity contribution >= 4 is 15.9 Å². The first-order valence-corrected chi connectivity index (χ1v) is 10.4. The molecule has 0 aliphatic rings. The van der Waals surface area contributed by atoms with Crippen molar-refractivity contribution in [1.29, 1.82) is 0 Å². The van der Waals surface area contributed by atoms with Gasteiger partial charge in [0, 0.05) is 19.8 Å². The average Bonchev–Trinajstić information content (AvgIpc) is 2.58. The number of carbonyl (C=O) groups is 1. The summed E-state index contributed by atoms with van der Waals surface area (Å²) in [7, 11) is -4.14. The van der Waals surface area contributed by atoms with E-state index in [0.717, 1.165) is 18.9 Å². The maximum absolute atomic E-state index is 13.8. The molecular weight excluding hydrogens is 359 g/mol. The fourth-order valence-corrected chi connectivity index (χ4v) is 3.65. The Morgan fingerprint density at radius 3 is 2.46 bits per heavy atom. The molecule has 0 fully saturated rings. The van der Waals surface area contributed by atoms with Crippen LogP contribution in [0.15, 0.2) is 29.2 Å². The van der Waals surface area contributed by atoms with Crippen LogP contribution >= 0.6 is 0 Å². The van der Waals surface area contributed by atoms with E-state index in [9.17, 15) is 17.6 Å². The van der Waals surface area contributed by atoms with E-state index < -0.39 is 32.7 Å². The summed E-state index contributed by atoms with van der Waals surface area (Å²) in [5, 5.41) is 2.70. The Balaban J connectivity index is 2.60. The van der Waals surface area contributed by atoms with E-state index >= 15 is 0 Å². The van der Waals surface area contributed by atoms with Crippen molar-refractivity contribution in [3.05, 3.63) is 30.1 Å². The molecule has 0 aromatic heterocycles. The van der Waals surface area contributed by atoms with Crippen LogP contribution in [-0.4, -0.2) is 40.1 Å². The van der Waals surface area contributed by atoms with Crippen molar-refractivity contribution in [2.24, 2.45) is 5.92 Å². The molecule has 0 spiro atoms. The van der Waals surface area contributed by atoms with Crippen molar-refractivity contribution in [3.8, 4) is 0 Å². The Hall–Kier alpha value is -1.51. The van der Waals surface area contributed by atoms with Gasteiger partial charge in [-0.15, -0.1) is 0 Å². The second-order valence-electron chi connectivity index (χ2n) is 6.38. The van der Waals surface area contributed by atoms with Gasteiger partial charge in [-0.1, -0.05) is 39.3 Å². The fourth-order valence-electron chi connectivity index (χ4n) is 2.23. The summed E-state index contributed by atoms with van der Waals surface area (Å²) in [4.78, 5) is 11.9. The number of halogens is 1. The standard InChI is InChI=1S/C18H29FN2O4S/c1-4-5-12-25-13-8-11-20-18(22)17(14(2)3)21-26(23,24)16-10-7-6-9-15(16)19/h6-7,9-10,14,17,21H,4-5,8,11-13H2,1-3H3,(H,20,22)/t17-/m0/s1. The molecule has 0 bridgehead atoms. The first kappa shape index (κ1) is 22.5. The van der Waals surface area contributed by atoms with Gasteiger partial charge in [-0.3, -0.25) is 4.79 Å². The molecule has 0 heterocycles. The molecule has 8 heteroatoms. The molecule has 1 rings (SSSR count). The number of unbranched alkanes of at least 4 members (excludes halogenated alkanes) is 1. The summed E-state index contributed by atoms with van der Waals surface area (Å²) in [5.41, 5.74) is 0. The lowest BCUT2D eigenvalue weighted by Crippen LogP contribution is -2.50. The molecule has 1 aromatic rings. The smallest absolute Gasteiger partial charge is 0.244 e. The van der Waals surface area contributed by atoms with Crippen LogP contribution in [0, 0.1) is 11.7 Å². The summed E-state index contributed by atoms with van der Waals surface area (Å²) in [6, 6.07) is 4.09. The minimum Gasteiger partial charge on any atom is -0.381 e. The number of sulfonamides is 1. The second kappa shape index (κ2) is 11.3. The normalized spacial score (nSPS) is 13.0. The average molecular weight is 389 g/mol. The Labute approximate surface area is 155 Å². The first-order chi connectivity index (χ1) is 12.3. The van der Waals surface area contributed by atoms with E-state index in [1.807, 2.05) is 0 Å². The van der Waals surface area contributed by atoms with E-state index in [4.69, 9.17) is 4.74 Å². The number of nitrogens with one attached hydrogen (secondary N) is 2. The maximum Gasteiger partial charge on any atom is 0.244 e. The highest BCUT2D eigenvalue weighted by Crippen LogP contribution is 2.15. The zero-order chi connectivity index (χ0) is 19.6. The lowest BCUT2D eigenvalue weighted by atomic mass is 10.1. The maximum atomic E-state index is 13.8. The predicted molar refractivity (Wildman–Crippen MR) is 98.7 cm³/mol. The van der Waals surface area contributed by atoms with E-state index in [2.05, 4.69) is 17.0 Å². The number of hydrogen-bond donors (Lipinski definition) is 2. The molecule has 0 saturated heterocycles. The number of rotatable bonds is 12.